The van der Waals surface area contributed by atoms with Crippen LogP contribution in [0.15, 0.2) is 0 Å². The van der Waals surface area contributed by atoms with E-state index in [9.17, 15) is 0 Å². The number of hydrogen-bond donors (Lipinski definition) is 0. The van der Waals surface area contributed by atoms with Crippen LogP contribution >= 0.6 is 47.0 Å². The van der Waals surface area contributed by atoms with Gasteiger partial charge >= 0.3 is 0 Å². The summed E-state index contributed by atoms with van der Waals surface area (Å²) in [7, 11) is 0. The van der Waals surface area contributed by atoms with E-state index in [0.29, 0.717) is 0 Å². The average molecular weight is 832 g/mol. The third-order valence-corrected chi connectivity index (χ3v) is 16.0. The van der Waals surface area contributed by atoms with Crippen LogP contribution < -0.4 is 0 Å². The highest BCUT2D eigenvalue weighted by molar-refractivity contribution is 8.03. The van der Waals surface area contributed by atoms with E-state index >= 15 is 0 Å². The van der Waals surface area contributed by atoms with Crippen molar-refractivity contribution in [2.45, 2.75) is 219 Å². The highest BCUT2D eigenvalue weighted by Gasteiger charge is 2.08. The number of rotatable bonds is 34. The van der Waals surface area contributed by atoms with E-state index in [4.69, 9.17) is 0 Å². The Bertz CT molecular complexity index is 607. The van der Waals surface area contributed by atoms with Crippen molar-refractivity contribution in [3.63, 3.8) is 0 Å². The van der Waals surface area contributed by atoms with E-state index in [-0.39, 0.29) is 0 Å². The molecule has 0 spiro atoms. The molecule has 0 N–H and O–H groups in total. The first-order valence-electron chi connectivity index (χ1n) is 24.6. The first-order chi connectivity index (χ1) is 26.9. The molecule has 324 valence electrons. The maximum Gasteiger partial charge on any atom is 0.00727 e. The fraction of sp³-hybridized carbons (Fsp3) is 1.00. The second-order valence-corrected chi connectivity index (χ2v) is 21.6. The van der Waals surface area contributed by atoms with E-state index in [0.717, 1.165) is 0 Å². The van der Waals surface area contributed by atoms with Crippen LogP contribution in [0.5, 0.6) is 0 Å². The predicted molar refractivity (Wildman–Crippen MR) is 261 cm³/mol. The van der Waals surface area contributed by atoms with Gasteiger partial charge in [-0.2, -0.15) is 47.0 Å². The molecule has 1 aliphatic rings. The monoisotopic (exact) mass is 831 g/mol. The van der Waals surface area contributed by atoms with Gasteiger partial charge in [-0.3, -0.25) is 0 Å². The second kappa shape index (κ2) is 47.0. The molecule has 1 heterocycles. The molecule has 0 atom stereocenters. The van der Waals surface area contributed by atoms with E-state index in [1.165, 1.54) is 291 Å². The van der Waals surface area contributed by atoms with Crippen LogP contribution in [0.4, 0.5) is 0 Å². The van der Waals surface area contributed by atoms with Gasteiger partial charge in [-0.05, 0) is 25.9 Å². The van der Waals surface area contributed by atoms with Gasteiger partial charge in [0.1, 0.15) is 0 Å². The first kappa shape index (κ1) is 53.3. The van der Waals surface area contributed by atoms with Crippen LogP contribution in [0.25, 0.3) is 0 Å². The largest absolute Gasteiger partial charge is 0.302 e. The summed E-state index contributed by atoms with van der Waals surface area (Å²) in [6, 6.07) is 0. The molecular formula is C48H98N2S4. The fourth-order valence-electron chi connectivity index (χ4n) is 7.86. The minimum atomic E-state index is 1.30. The van der Waals surface area contributed by atoms with Gasteiger partial charge in [-0.1, -0.05) is 206 Å². The van der Waals surface area contributed by atoms with Gasteiger partial charge in [0.25, 0.3) is 0 Å². The van der Waals surface area contributed by atoms with E-state index < -0.39 is 0 Å². The molecule has 0 amide bonds. The molecular weight excluding hydrogens is 733 g/mol. The summed E-state index contributed by atoms with van der Waals surface area (Å²) in [5.41, 5.74) is 0. The second-order valence-electron chi connectivity index (χ2n) is 16.7. The zero-order valence-electron chi connectivity index (χ0n) is 37.1. The summed E-state index contributed by atoms with van der Waals surface area (Å²) < 4.78 is 0. The predicted octanol–water partition coefficient (Wildman–Crippen LogP) is 16.1. The summed E-state index contributed by atoms with van der Waals surface area (Å²) in [6.07, 6.45) is 46.7. The third-order valence-electron chi connectivity index (χ3n) is 11.6. The van der Waals surface area contributed by atoms with E-state index in [1.54, 1.807) is 0 Å². The molecule has 0 aromatic carbocycles. The Hall–Kier alpha value is 1.32. The zero-order valence-corrected chi connectivity index (χ0v) is 40.3. The van der Waals surface area contributed by atoms with Crippen molar-refractivity contribution in [1.29, 1.82) is 0 Å². The summed E-state index contributed by atoms with van der Waals surface area (Å²) in [5.74, 6) is 10.6. The van der Waals surface area contributed by atoms with Crippen LogP contribution in [0, 0.1) is 0 Å². The third kappa shape index (κ3) is 41.5. The van der Waals surface area contributed by atoms with Gasteiger partial charge in [0, 0.05) is 72.2 Å². The lowest BCUT2D eigenvalue weighted by molar-refractivity contribution is 0.299. The Morgan fingerprint density at radius 1 is 0.241 bits per heavy atom. The normalized spacial score (nSPS) is 16.8. The standard InChI is InChI=1S/C48H98N2S4/c1-3-5-7-9-11-13-15-17-19-21-23-25-27-29-31-33-35-49-37-41-51-45-47-53-43-39-50(40-44-54-48-46-52-42-38-49)36-34-32-30-28-26-24-22-20-18-16-14-12-10-8-6-4-2/h3-48H2,1-2H3. The number of unbranched alkanes of at least 4 members (excludes halogenated alkanes) is 30. The van der Waals surface area contributed by atoms with Crippen molar-refractivity contribution in [2.24, 2.45) is 0 Å². The van der Waals surface area contributed by atoms with Crippen molar-refractivity contribution in [3.05, 3.63) is 0 Å². The maximum absolute atomic E-state index is 2.81. The lowest BCUT2D eigenvalue weighted by atomic mass is 10.0. The first-order valence-corrected chi connectivity index (χ1v) is 29.2. The van der Waals surface area contributed by atoms with Crippen LogP contribution in [0.1, 0.15) is 219 Å². The summed E-state index contributed by atoms with van der Waals surface area (Å²) in [4.78, 5) is 5.62. The topological polar surface area (TPSA) is 6.48 Å². The Balaban J connectivity index is 2.03. The van der Waals surface area contributed by atoms with E-state index in [1.807, 2.05) is 0 Å². The van der Waals surface area contributed by atoms with Crippen LogP contribution in [-0.2, 0) is 0 Å². The molecule has 6 heteroatoms. The average Bonchev–Trinajstić information content (AvgIpc) is 3.18. The Morgan fingerprint density at radius 2 is 0.426 bits per heavy atom. The molecule has 0 saturated carbocycles. The molecule has 2 nitrogen and oxygen atoms in total. The zero-order chi connectivity index (χ0) is 38.5. The van der Waals surface area contributed by atoms with Crippen molar-refractivity contribution in [2.75, 3.05) is 85.3 Å². The van der Waals surface area contributed by atoms with Crippen molar-refractivity contribution in [3.8, 4) is 0 Å². The molecule has 0 radical (unpaired) electrons. The smallest absolute Gasteiger partial charge is 0.00727 e. The molecule has 0 aliphatic carbocycles. The lowest BCUT2D eigenvalue weighted by Crippen LogP contribution is -2.30. The fourth-order valence-corrected chi connectivity index (χ4v) is 12.1. The summed E-state index contributed by atoms with van der Waals surface area (Å²) in [6.45, 7) is 12.5. The molecule has 0 aromatic heterocycles. The molecule has 54 heavy (non-hydrogen) atoms. The summed E-state index contributed by atoms with van der Waals surface area (Å²) in [5, 5.41) is 0. The van der Waals surface area contributed by atoms with Gasteiger partial charge in [-0.15, -0.1) is 0 Å². The molecule has 1 fully saturated rings. The highest BCUT2D eigenvalue weighted by atomic mass is 32.2. The molecule has 0 unspecified atom stereocenters. The van der Waals surface area contributed by atoms with Gasteiger partial charge in [-0.25, -0.2) is 0 Å². The molecule has 1 rings (SSSR count). The SMILES string of the molecule is CCCCCCCCCCCCCCCCCCN1CCSCCSCCN(CCCCCCCCCCCCCCCCCC)CCSCCSCC1. The van der Waals surface area contributed by atoms with Crippen molar-refractivity contribution >= 4 is 47.0 Å². The molecule has 1 aliphatic heterocycles. The number of hydrogen-bond acceptors (Lipinski definition) is 6. The van der Waals surface area contributed by atoms with Gasteiger partial charge in [0.15, 0.2) is 0 Å². The van der Waals surface area contributed by atoms with Crippen LogP contribution in [0.2, 0.25) is 0 Å². The minimum Gasteiger partial charge on any atom is -0.302 e. The Morgan fingerprint density at radius 3 is 0.630 bits per heavy atom. The van der Waals surface area contributed by atoms with Gasteiger partial charge in [0.2, 0.25) is 0 Å². The van der Waals surface area contributed by atoms with Gasteiger partial charge in [0.05, 0.1) is 0 Å². The lowest BCUT2D eigenvalue weighted by Gasteiger charge is -2.23. The minimum absolute atomic E-state index is 1.30. The number of thioether (sulfide) groups is 4. The quantitative estimate of drug-likeness (QED) is 0.0592. The highest BCUT2D eigenvalue weighted by Crippen LogP contribution is 2.17. The molecule has 0 aromatic rings. The Kier molecular flexibility index (Phi) is 46.4. The summed E-state index contributed by atoms with van der Waals surface area (Å²) >= 11 is 8.85. The van der Waals surface area contributed by atoms with E-state index in [2.05, 4.69) is 70.7 Å². The van der Waals surface area contributed by atoms with Crippen LogP contribution in [0.3, 0.4) is 0 Å². The Labute approximate surface area is 359 Å². The maximum atomic E-state index is 2.81. The van der Waals surface area contributed by atoms with Crippen molar-refractivity contribution in [1.82, 2.24) is 9.80 Å². The number of nitrogens with zero attached hydrogens (tertiary/aromatic N) is 2. The van der Waals surface area contributed by atoms with Crippen molar-refractivity contribution < 1.29 is 0 Å². The van der Waals surface area contributed by atoms with Crippen LogP contribution in [-0.4, -0.2) is 95.1 Å². The molecule has 1 saturated heterocycles. The molecule has 0 bridgehead atoms. The van der Waals surface area contributed by atoms with Gasteiger partial charge < -0.3 is 9.80 Å².